The number of nitrogens with one attached hydrogen (secondary N) is 1. The lowest BCUT2D eigenvalue weighted by molar-refractivity contribution is 0.626. The fourth-order valence-electron chi connectivity index (χ4n) is 1.40. The highest BCUT2D eigenvalue weighted by atomic mass is 19.1. The minimum absolute atomic E-state index is 0.0444. The molecule has 0 spiro atoms. The SMILES string of the molecule is C[C@H](Nc1ncccn1)c1ccc(F)cc1. The molecule has 0 radical (unpaired) electrons. The molecule has 1 heterocycles. The molecule has 0 fully saturated rings. The van der Waals surface area contributed by atoms with Gasteiger partial charge in [0.15, 0.2) is 0 Å². The van der Waals surface area contributed by atoms with E-state index < -0.39 is 0 Å². The van der Waals surface area contributed by atoms with Gasteiger partial charge in [-0.3, -0.25) is 0 Å². The number of halogens is 1. The van der Waals surface area contributed by atoms with Crippen molar-refractivity contribution in [2.24, 2.45) is 0 Å². The van der Waals surface area contributed by atoms with Crippen molar-refractivity contribution in [3.8, 4) is 0 Å². The summed E-state index contributed by atoms with van der Waals surface area (Å²) in [5.41, 5.74) is 0.994. The Bertz CT molecular complexity index is 442. The topological polar surface area (TPSA) is 37.8 Å². The van der Waals surface area contributed by atoms with Gasteiger partial charge >= 0.3 is 0 Å². The van der Waals surface area contributed by atoms with E-state index in [4.69, 9.17) is 0 Å². The third-order valence-corrected chi connectivity index (χ3v) is 2.28. The van der Waals surface area contributed by atoms with Crippen LogP contribution in [-0.2, 0) is 0 Å². The molecule has 2 aromatic rings. The second-order valence-electron chi connectivity index (χ2n) is 3.49. The van der Waals surface area contributed by atoms with Crippen molar-refractivity contribution in [1.29, 1.82) is 0 Å². The molecule has 0 aliphatic rings. The van der Waals surface area contributed by atoms with Gasteiger partial charge in [0.1, 0.15) is 5.82 Å². The van der Waals surface area contributed by atoms with E-state index in [0.717, 1.165) is 5.56 Å². The minimum Gasteiger partial charge on any atom is -0.348 e. The van der Waals surface area contributed by atoms with Crippen LogP contribution in [-0.4, -0.2) is 9.97 Å². The molecule has 1 atom stereocenters. The largest absolute Gasteiger partial charge is 0.348 e. The summed E-state index contributed by atoms with van der Waals surface area (Å²) >= 11 is 0. The quantitative estimate of drug-likeness (QED) is 0.859. The Labute approximate surface area is 93.4 Å². The van der Waals surface area contributed by atoms with Gasteiger partial charge < -0.3 is 5.32 Å². The standard InChI is InChI=1S/C12H12FN3/c1-9(10-3-5-11(13)6-4-10)16-12-14-7-2-8-15-12/h2-9H,1H3,(H,14,15,16)/t9-/m0/s1. The molecular formula is C12H12FN3. The first-order chi connectivity index (χ1) is 7.75. The zero-order valence-electron chi connectivity index (χ0n) is 8.89. The van der Waals surface area contributed by atoms with Crippen molar-refractivity contribution < 1.29 is 4.39 Å². The lowest BCUT2D eigenvalue weighted by atomic mass is 10.1. The van der Waals surface area contributed by atoms with Crippen LogP contribution in [0.25, 0.3) is 0 Å². The molecule has 0 unspecified atom stereocenters. The second-order valence-corrected chi connectivity index (χ2v) is 3.49. The first-order valence-electron chi connectivity index (χ1n) is 5.05. The van der Waals surface area contributed by atoms with Crippen LogP contribution in [0.4, 0.5) is 10.3 Å². The van der Waals surface area contributed by atoms with Gasteiger partial charge in [0.25, 0.3) is 0 Å². The van der Waals surface area contributed by atoms with Crippen molar-refractivity contribution >= 4 is 5.95 Å². The molecule has 4 heteroatoms. The summed E-state index contributed by atoms with van der Waals surface area (Å²) in [6.45, 7) is 1.98. The summed E-state index contributed by atoms with van der Waals surface area (Å²) in [6, 6.07) is 8.18. The molecule has 0 aliphatic carbocycles. The second kappa shape index (κ2) is 4.70. The minimum atomic E-state index is -0.230. The van der Waals surface area contributed by atoms with E-state index in [0.29, 0.717) is 5.95 Å². The summed E-state index contributed by atoms with van der Waals surface area (Å²) in [7, 11) is 0. The number of anilines is 1. The van der Waals surface area contributed by atoms with Crippen molar-refractivity contribution in [3.05, 3.63) is 54.1 Å². The van der Waals surface area contributed by atoms with Gasteiger partial charge in [-0.05, 0) is 30.7 Å². The summed E-state index contributed by atoms with van der Waals surface area (Å²) < 4.78 is 12.7. The number of rotatable bonds is 3. The Hall–Kier alpha value is -1.97. The van der Waals surface area contributed by atoms with E-state index in [-0.39, 0.29) is 11.9 Å². The first kappa shape index (κ1) is 10.5. The van der Waals surface area contributed by atoms with Gasteiger partial charge in [-0.15, -0.1) is 0 Å². The number of nitrogens with zero attached hydrogens (tertiary/aromatic N) is 2. The van der Waals surface area contributed by atoms with Crippen molar-refractivity contribution in [2.75, 3.05) is 5.32 Å². The maximum Gasteiger partial charge on any atom is 0.223 e. The Balaban J connectivity index is 2.09. The highest BCUT2D eigenvalue weighted by molar-refractivity contribution is 5.30. The predicted octanol–water partition coefficient (Wildman–Crippen LogP) is 2.79. The molecular weight excluding hydrogens is 205 g/mol. The van der Waals surface area contributed by atoms with Gasteiger partial charge in [0, 0.05) is 12.4 Å². The van der Waals surface area contributed by atoms with E-state index in [2.05, 4.69) is 15.3 Å². The van der Waals surface area contributed by atoms with E-state index >= 15 is 0 Å². The monoisotopic (exact) mass is 217 g/mol. The van der Waals surface area contributed by atoms with Gasteiger partial charge in [0.2, 0.25) is 5.95 Å². The molecule has 1 aromatic carbocycles. The molecule has 0 saturated carbocycles. The summed E-state index contributed by atoms with van der Waals surface area (Å²) in [6.07, 6.45) is 3.35. The maximum atomic E-state index is 12.7. The van der Waals surface area contributed by atoms with E-state index in [1.165, 1.54) is 12.1 Å². The molecule has 0 saturated heterocycles. The lowest BCUT2D eigenvalue weighted by Crippen LogP contribution is -2.08. The highest BCUT2D eigenvalue weighted by Crippen LogP contribution is 2.16. The van der Waals surface area contributed by atoms with E-state index in [9.17, 15) is 4.39 Å². The third kappa shape index (κ3) is 2.53. The van der Waals surface area contributed by atoms with Crippen LogP contribution < -0.4 is 5.32 Å². The normalized spacial score (nSPS) is 12.1. The Morgan fingerprint density at radius 3 is 2.38 bits per heavy atom. The van der Waals surface area contributed by atoms with Crippen LogP contribution in [0.1, 0.15) is 18.5 Å². The zero-order chi connectivity index (χ0) is 11.4. The third-order valence-electron chi connectivity index (χ3n) is 2.28. The molecule has 3 nitrogen and oxygen atoms in total. The fraction of sp³-hybridized carbons (Fsp3) is 0.167. The zero-order valence-corrected chi connectivity index (χ0v) is 8.89. The molecule has 0 bridgehead atoms. The molecule has 1 aromatic heterocycles. The smallest absolute Gasteiger partial charge is 0.223 e. The predicted molar refractivity (Wildman–Crippen MR) is 60.5 cm³/mol. The van der Waals surface area contributed by atoms with Crippen LogP contribution in [0.5, 0.6) is 0 Å². The van der Waals surface area contributed by atoms with Gasteiger partial charge in [0.05, 0.1) is 6.04 Å². The number of hydrogen-bond donors (Lipinski definition) is 1. The van der Waals surface area contributed by atoms with Gasteiger partial charge in [-0.2, -0.15) is 0 Å². The summed E-state index contributed by atoms with van der Waals surface area (Å²) in [5.74, 6) is 0.339. The average Bonchev–Trinajstić information content (AvgIpc) is 2.31. The Morgan fingerprint density at radius 2 is 1.75 bits per heavy atom. The van der Waals surface area contributed by atoms with Crippen LogP contribution in [0.2, 0.25) is 0 Å². The fourth-order valence-corrected chi connectivity index (χ4v) is 1.40. The maximum absolute atomic E-state index is 12.7. The van der Waals surface area contributed by atoms with Crippen LogP contribution in [0.3, 0.4) is 0 Å². The molecule has 1 N–H and O–H groups in total. The van der Waals surface area contributed by atoms with Gasteiger partial charge in [-0.25, -0.2) is 14.4 Å². The van der Waals surface area contributed by atoms with Crippen LogP contribution in [0.15, 0.2) is 42.7 Å². The van der Waals surface area contributed by atoms with E-state index in [1.54, 1.807) is 30.6 Å². The lowest BCUT2D eigenvalue weighted by Gasteiger charge is -2.13. The molecule has 16 heavy (non-hydrogen) atoms. The average molecular weight is 217 g/mol. The molecule has 0 amide bonds. The Morgan fingerprint density at radius 1 is 1.12 bits per heavy atom. The number of benzene rings is 1. The number of aromatic nitrogens is 2. The van der Waals surface area contributed by atoms with Crippen molar-refractivity contribution in [3.63, 3.8) is 0 Å². The van der Waals surface area contributed by atoms with Crippen LogP contribution in [0, 0.1) is 5.82 Å². The van der Waals surface area contributed by atoms with Crippen molar-refractivity contribution in [1.82, 2.24) is 9.97 Å². The van der Waals surface area contributed by atoms with Gasteiger partial charge in [-0.1, -0.05) is 12.1 Å². The van der Waals surface area contributed by atoms with Crippen LogP contribution >= 0.6 is 0 Å². The molecule has 82 valence electrons. The summed E-state index contributed by atoms with van der Waals surface area (Å²) in [4.78, 5) is 8.13. The molecule has 0 aliphatic heterocycles. The number of hydrogen-bond acceptors (Lipinski definition) is 3. The highest BCUT2D eigenvalue weighted by Gasteiger charge is 2.05. The Kier molecular flexibility index (Phi) is 3.10. The summed E-state index contributed by atoms with van der Waals surface area (Å²) in [5, 5.41) is 3.13. The molecule has 2 rings (SSSR count). The first-order valence-corrected chi connectivity index (χ1v) is 5.05. The van der Waals surface area contributed by atoms with E-state index in [1.807, 2.05) is 6.92 Å². The van der Waals surface area contributed by atoms with Crippen molar-refractivity contribution in [2.45, 2.75) is 13.0 Å².